The zero-order chi connectivity index (χ0) is 14.7. The normalized spacial score (nSPS) is 10.3. The first-order chi connectivity index (χ1) is 9.47. The molecule has 6 heteroatoms. The number of benzene rings is 2. The molecule has 0 aliphatic carbocycles. The smallest absolute Gasteiger partial charge is 0.165 e. The average molecular weight is 358 g/mol. The van der Waals surface area contributed by atoms with E-state index in [1.54, 1.807) is 12.1 Å². The molecule has 0 spiro atoms. The van der Waals surface area contributed by atoms with Crippen molar-refractivity contribution in [3.8, 4) is 5.75 Å². The van der Waals surface area contributed by atoms with E-state index in [0.29, 0.717) is 10.6 Å². The van der Waals surface area contributed by atoms with E-state index < -0.39 is 5.82 Å². The maximum absolute atomic E-state index is 13.8. The summed E-state index contributed by atoms with van der Waals surface area (Å²) < 4.78 is 20.0. The van der Waals surface area contributed by atoms with Crippen LogP contribution in [0.1, 0.15) is 11.1 Å². The number of amidine groups is 1. The van der Waals surface area contributed by atoms with E-state index in [4.69, 9.17) is 27.5 Å². The Labute approximate surface area is 129 Å². The molecule has 0 radical (unpaired) electrons. The summed E-state index contributed by atoms with van der Waals surface area (Å²) in [6.07, 6.45) is 0. The highest BCUT2D eigenvalue weighted by Gasteiger charge is 2.08. The second-order valence-electron chi connectivity index (χ2n) is 4.08. The lowest BCUT2D eigenvalue weighted by molar-refractivity contribution is 0.290. The van der Waals surface area contributed by atoms with E-state index in [2.05, 4.69) is 15.9 Å². The predicted octanol–water partition coefficient (Wildman–Crippen LogP) is 4.10. The van der Waals surface area contributed by atoms with Gasteiger partial charge in [-0.2, -0.15) is 0 Å². The van der Waals surface area contributed by atoms with Crippen LogP contribution in [0.3, 0.4) is 0 Å². The zero-order valence-corrected chi connectivity index (χ0v) is 12.6. The van der Waals surface area contributed by atoms with Crippen molar-refractivity contribution in [1.29, 1.82) is 5.41 Å². The van der Waals surface area contributed by atoms with Crippen LogP contribution in [0, 0.1) is 11.2 Å². The number of halogens is 3. The van der Waals surface area contributed by atoms with Crippen LogP contribution in [-0.2, 0) is 6.61 Å². The molecule has 0 fully saturated rings. The van der Waals surface area contributed by atoms with Crippen LogP contribution in [0.25, 0.3) is 0 Å². The number of ether oxygens (including phenoxy) is 1. The van der Waals surface area contributed by atoms with Crippen LogP contribution < -0.4 is 10.5 Å². The molecule has 0 unspecified atom stereocenters. The van der Waals surface area contributed by atoms with Gasteiger partial charge in [-0.05, 0) is 30.3 Å². The predicted molar refractivity (Wildman–Crippen MR) is 80.9 cm³/mol. The highest BCUT2D eigenvalue weighted by Crippen LogP contribution is 2.24. The van der Waals surface area contributed by atoms with Gasteiger partial charge in [-0.25, -0.2) is 4.39 Å². The molecule has 104 valence electrons. The van der Waals surface area contributed by atoms with Gasteiger partial charge in [0.15, 0.2) is 11.6 Å². The number of nitrogens with two attached hydrogens (primary N) is 1. The van der Waals surface area contributed by atoms with E-state index in [1.165, 1.54) is 18.2 Å². The van der Waals surface area contributed by atoms with Gasteiger partial charge in [0, 0.05) is 20.6 Å². The van der Waals surface area contributed by atoms with Gasteiger partial charge in [0.2, 0.25) is 0 Å². The number of hydrogen-bond donors (Lipinski definition) is 2. The number of rotatable bonds is 4. The third kappa shape index (κ3) is 3.49. The standard InChI is InChI=1S/C14H11BrClFN2O/c15-10-3-1-9(11(16)6-10)7-20-13-4-2-8(14(18)19)5-12(13)17/h1-6H,7H2,(H3,18,19). The summed E-state index contributed by atoms with van der Waals surface area (Å²) in [5.41, 5.74) is 6.36. The van der Waals surface area contributed by atoms with E-state index in [-0.39, 0.29) is 18.2 Å². The van der Waals surface area contributed by atoms with Crippen LogP contribution in [0.4, 0.5) is 4.39 Å². The molecule has 2 aromatic carbocycles. The van der Waals surface area contributed by atoms with E-state index in [1.807, 2.05) is 6.07 Å². The fourth-order valence-electron chi connectivity index (χ4n) is 1.58. The van der Waals surface area contributed by atoms with Crippen LogP contribution in [-0.4, -0.2) is 5.84 Å². The first kappa shape index (κ1) is 14.8. The quantitative estimate of drug-likeness (QED) is 0.639. The zero-order valence-electron chi connectivity index (χ0n) is 10.3. The van der Waals surface area contributed by atoms with Gasteiger partial charge in [0.25, 0.3) is 0 Å². The van der Waals surface area contributed by atoms with E-state index >= 15 is 0 Å². The van der Waals surface area contributed by atoms with Gasteiger partial charge in [-0.3, -0.25) is 5.41 Å². The summed E-state index contributed by atoms with van der Waals surface area (Å²) in [5, 5.41) is 7.78. The Hall–Kier alpha value is -1.59. The Balaban J connectivity index is 2.13. The van der Waals surface area contributed by atoms with Crippen LogP contribution in [0.5, 0.6) is 5.75 Å². The van der Waals surface area contributed by atoms with Crippen LogP contribution in [0.15, 0.2) is 40.9 Å². The third-order valence-electron chi connectivity index (χ3n) is 2.64. The summed E-state index contributed by atoms with van der Waals surface area (Å²) in [6, 6.07) is 9.52. The molecule has 2 aromatic rings. The Morgan fingerprint density at radius 2 is 2.05 bits per heavy atom. The molecular weight excluding hydrogens is 347 g/mol. The average Bonchev–Trinajstić information content (AvgIpc) is 2.38. The molecule has 3 nitrogen and oxygen atoms in total. The maximum Gasteiger partial charge on any atom is 0.165 e. The molecule has 3 N–H and O–H groups in total. The fraction of sp³-hybridized carbons (Fsp3) is 0.0714. The van der Waals surface area contributed by atoms with E-state index in [0.717, 1.165) is 10.0 Å². The Bertz CT molecular complexity index is 664. The molecular formula is C14H11BrClFN2O. The first-order valence-corrected chi connectivity index (χ1v) is 6.85. The van der Waals surface area contributed by atoms with Gasteiger partial charge in [-0.1, -0.05) is 33.6 Å². The summed E-state index contributed by atoms with van der Waals surface area (Å²) in [7, 11) is 0. The van der Waals surface area contributed by atoms with Crippen molar-refractivity contribution in [3.63, 3.8) is 0 Å². The highest BCUT2D eigenvalue weighted by molar-refractivity contribution is 9.10. The minimum Gasteiger partial charge on any atom is -0.486 e. The van der Waals surface area contributed by atoms with Crippen molar-refractivity contribution in [3.05, 3.63) is 62.8 Å². The summed E-state index contributed by atoms with van der Waals surface area (Å²) in [5.74, 6) is -0.661. The molecule has 0 heterocycles. The topological polar surface area (TPSA) is 59.1 Å². The number of nitrogen functional groups attached to an aromatic ring is 1. The lowest BCUT2D eigenvalue weighted by atomic mass is 10.2. The summed E-state index contributed by atoms with van der Waals surface area (Å²) in [4.78, 5) is 0. The minimum absolute atomic E-state index is 0.0917. The van der Waals surface area contributed by atoms with Crippen molar-refractivity contribution in [2.75, 3.05) is 0 Å². The van der Waals surface area contributed by atoms with Crippen molar-refractivity contribution >= 4 is 33.4 Å². The van der Waals surface area contributed by atoms with Crippen LogP contribution in [0.2, 0.25) is 5.02 Å². The monoisotopic (exact) mass is 356 g/mol. The van der Waals surface area contributed by atoms with Gasteiger partial charge < -0.3 is 10.5 Å². The first-order valence-electron chi connectivity index (χ1n) is 5.68. The number of hydrogen-bond acceptors (Lipinski definition) is 2. The van der Waals surface area contributed by atoms with Gasteiger partial charge >= 0.3 is 0 Å². The highest BCUT2D eigenvalue weighted by atomic mass is 79.9. The van der Waals surface area contributed by atoms with Crippen molar-refractivity contribution < 1.29 is 9.13 Å². The molecule has 2 rings (SSSR count). The van der Waals surface area contributed by atoms with Crippen molar-refractivity contribution in [1.82, 2.24) is 0 Å². The van der Waals surface area contributed by atoms with Crippen molar-refractivity contribution in [2.24, 2.45) is 5.73 Å². The number of nitrogens with one attached hydrogen (secondary N) is 1. The fourth-order valence-corrected chi connectivity index (χ4v) is 2.31. The molecule has 0 aliphatic rings. The maximum atomic E-state index is 13.8. The molecule has 0 aliphatic heterocycles. The molecule has 0 aromatic heterocycles. The lowest BCUT2D eigenvalue weighted by Crippen LogP contribution is -2.11. The second-order valence-corrected chi connectivity index (χ2v) is 5.41. The molecule has 0 amide bonds. The van der Waals surface area contributed by atoms with Gasteiger partial charge in [0.05, 0.1) is 0 Å². The molecule has 0 saturated heterocycles. The lowest BCUT2D eigenvalue weighted by Gasteiger charge is -2.10. The Kier molecular flexibility index (Phi) is 4.62. The molecule has 0 saturated carbocycles. The largest absolute Gasteiger partial charge is 0.486 e. The molecule has 20 heavy (non-hydrogen) atoms. The SMILES string of the molecule is N=C(N)c1ccc(OCc2ccc(Br)cc2Cl)c(F)c1. The summed E-state index contributed by atoms with van der Waals surface area (Å²) in [6.45, 7) is 0.155. The minimum atomic E-state index is -0.564. The van der Waals surface area contributed by atoms with Crippen LogP contribution >= 0.6 is 27.5 Å². The molecule has 0 atom stereocenters. The van der Waals surface area contributed by atoms with E-state index in [9.17, 15) is 4.39 Å². The van der Waals surface area contributed by atoms with Crippen molar-refractivity contribution in [2.45, 2.75) is 6.61 Å². The summed E-state index contributed by atoms with van der Waals surface area (Å²) >= 11 is 9.36. The third-order valence-corrected chi connectivity index (χ3v) is 3.49. The Morgan fingerprint density at radius 3 is 2.65 bits per heavy atom. The van der Waals surface area contributed by atoms with Gasteiger partial charge in [0.1, 0.15) is 12.4 Å². The second kappa shape index (κ2) is 6.24. The Morgan fingerprint density at radius 1 is 1.30 bits per heavy atom. The molecule has 0 bridgehead atoms. The van der Waals surface area contributed by atoms with Gasteiger partial charge in [-0.15, -0.1) is 0 Å².